The number of nitrogens with one attached hydrogen (secondary N) is 2. The molecular weight excluding hydrogens is 194 g/mol. The maximum absolute atomic E-state index is 10.9. The van der Waals surface area contributed by atoms with E-state index in [0.717, 1.165) is 6.42 Å². The molecule has 2 rings (SSSR count). The molecule has 0 spiro atoms. The number of aromatic nitrogens is 2. The van der Waals surface area contributed by atoms with Crippen molar-refractivity contribution < 1.29 is 4.79 Å². The van der Waals surface area contributed by atoms with E-state index in [1.54, 1.807) is 6.07 Å². The molecule has 1 aromatic rings. The largest absolute Gasteiger partial charge is 0.384 e. The second kappa shape index (κ2) is 4.12. The Hall–Kier alpha value is -1.85. The van der Waals surface area contributed by atoms with Gasteiger partial charge in [0.2, 0.25) is 5.91 Å². The number of amides is 1. The Kier molecular flexibility index (Phi) is 2.66. The first-order valence-corrected chi connectivity index (χ1v) is 4.85. The second-order valence-corrected chi connectivity index (χ2v) is 3.51. The zero-order chi connectivity index (χ0) is 10.7. The van der Waals surface area contributed by atoms with Crippen molar-refractivity contribution in [2.45, 2.75) is 18.9 Å². The van der Waals surface area contributed by atoms with Gasteiger partial charge in [0.15, 0.2) is 0 Å². The van der Waals surface area contributed by atoms with Gasteiger partial charge in [0.25, 0.3) is 0 Å². The van der Waals surface area contributed by atoms with E-state index in [1.165, 1.54) is 6.33 Å². The summed E-state index contributed by atoms with van der Waals surface area (Å²) in [5.74, 6) is 1.23. The van der Waals surface area contributed by atoms with E-state index in [2.05, 4.69) is 20.6 Å². The minimum atomic E-state index is 0.115. The first kappa shape index (κ1) is 9.70. The van der Waals surface area contributed by atoms with Crippen LogP contribution in [0.5, 0.6) is 0 Å². The van der Waals surface area contributed by atoms with Crippen LogP contribution in [-0.2, 0) is 4.79 Å². The molecule has 1 aliphatic rings. The Morgan fingerprint density at radius 3 is 3.13 bits per heavy atom. The highest BCUT2D eigenvalue weighted by atomic mass is 16.1. The van der Waals surface area contributed by atoms with E-state index >= 15 is 0 Å². The van der Waals surface area contributed by atoms with Crippen molar-refractivity contribution in [3.05, 3.63) is 12.4 Å². The molecule has 1 aliphatic heterocycles. The molecule has 2 heterocycles. The molecule has 4 N–H and O–H groups in total. The molecule has 1 fully saturated rings. The van der Waals surface area contributed by atoms with Crippen molar-refractivity contribution in [2.75, 3.05) is 17.6 Å². The first-order chi connectivity index (χ1) is 7.24. The monoisotopic (exact) mass is 207 g/mol. The minimum absolute atomic E-state index is 0.115. The van der Waals surface area contributed by atoms with Gasteiger partial charge in [-0.25, -0.2) is 9.97 Å². The number of anilines is 2. The van der Waals surface area contributed by atoms with E-state index in [-0.39, 0.29) is 11.9 Å². The van der Waals surface area contributed by atoms with Gasteiger partial charge < -0.3 is 16.4 Å². The number of nitrogen functional groups attached to an aromatic ring is 1. The van der Waals surface area contributed by atoms with Crippen molar-refractivity contribution in [1.29, 1.82) is 0 Å². The van der Waals surface area contributed by atoms with E-state index in [9.17, 15) is 4.79 Å². The van der Waals surface area contributed by atoms with Gasteiger partial charge in [0.05, 0.1) is 0 Å². The highest BCUT2D eigenvalue weighted by Crippen LogP contribution is 2.09. The van der Waals surface area contributed by atoms with Crippen molar-refractivity contribution in [3.63, 3.8) is 0 Å². The van der Waals surface area contributed by atoms with Crippen LogP contribution in [0, 0.1) is 0 Å². The molecule has 6 heteroatoms. The number of hydrogen-bond donors (Lipinski definition) is 3. The summed E-state index contributed by atoms with van der Waals surface area (Å²) in [5.41, 5.74) is 5.50. The molecule has 80 valence electrons. The second-order valence-electron chi connectivity index (χ2n) is 3.51. The fraction of sp³-hybridized carbons (Fsp3) is 0.444. The Balaban J connectivity index is 1.85. The maximum Gasteiger partial charge on any atom is 0.220 e. The highest BCUT2D eigenvalue weighted by Gasteiger charge is 2.20. The molecule has 0 aliphatic carbocycles. The lowest BCUT2D eigenvalue weighted by atomic mass is 10.2. The van der Waals surface area contributed by atoms with Crippen LogP contribution in [0.2, 0.25) is 0 Å². The zero-order valence-electron chi connectivity index (χ0n) is 8.23. The molecule has 0 radical (unpaired) electrons. The SMILES string of the molecule is Nc1cc(NCC2CCC(=O)N2)ncn1. The van der Waals surface area contributed by atoms with E-state index < -0.39 is 0 Å². The number of nitrogens with zero attached hydrogens (tertiary/aromatic N) is 2. The average molecular weight is 207 g/mol. The molecule has 1 atom stereocenters. The molecule has 0 saturated carbocycles. The Morgan fingerprint density at radius 2 is 2.47 bits per heavy atom. The lowest BCUT2D eigenvalue weighted by molar-refractivity contribution is -0.119. The fourth-order valence-electron chi connectivity index (χ4n) is 1.53. The molecule has 15 heavy (non-hydrogen) atoms. The van der Waals surface area contributed by atoms with Gasteiger partial charge in [-0.2, -0.15) is 0 Å². The summed E-state index contributed by atoms with van der Waals surface area (Å²) in [6.07, 6.45) is 2.88. The van der Waals surface area contributed by atoms with Gasteiger partial charge in [-0.15, -0.1) is 0 Å². The minimum Gasteiger partial charge on any atom is -0.384 e. The van der Waals surface area contributed by atoms with Gasteiger partial charge >= 0.3 is 0 Å². The maximum atomic E-state index is 10.9. The van der Waals surface area contributed by atoms with E-state index in [4.69, 9.17) is 5.73 Å². The van der Waals surface area contributed by atoms with E-state index in [1.807, 2.05) is 0 Å². The van der Waals surface area contributed by atoms with Crippen LogP contribution in [0.1, 0.15) is 12.8 Å². The Morgan fingerprint density at radius 1 is 1.60 bits per heavy atom. The first-order valence-electron chi connectivity index (χ1n) is 4.85. The van der Waals surface area contributed by atoms with Crippen LogP contribution in [0.4, 0.5) is 11.6 Å². The van der Waals surface area contributed by atoms with Crippen LogP contribution in [-0.4, -0.2) is 28.5 Å². The summed E-state index contributed by atoms with van der Waals surface area (Å²) in [7, 11) is 0. The molecule has 1 saturated heterocycles. The van der Waals surface area contributed by atoms with Crippen molar-refractivity contribution >= 4 is 17.5 Å². The number of hydrogen-bond acceptors (Lipinski definition) is 5. The quantitative estimate of drug-likeness (QED) is 0.635. The zero-order valence-corrected chi connectivity index (χ0v) is 8.23. The Labute approximate surface area is 87.3 Å². The summed E-state index contributed by atoms with van der Waals surface area (Å²) in [5, 5.41) is 5.96. The van der Waals surface area contributed by atoms with Crippen LogP contribution in [0.25, 0.3) is 0 Å². The molecule has 6 nitrogen and oxygen atoms in total. The summed E-state index contributed by atoms with van der Waals surface area (Å²) < 4.78 is 0. The van der Waals surface area contributed by atoms with Crippen molar-refractivity contribution in [3.8, 4) is 0 Å². The van der Waals surface area contributed by atoms with Crippen LogP contribution in [0.15, 0.2) is 12.4 Å². The summed E-state index contributed by atoms with van der Waals surface area (Å²) >= 11 is 0. The number of carbonyl (C=O) groups is 1. The van der Waals surface area contributed by atoms with Gasteiger partial charge in [0, 0.05) is 25.1 Å². The number of nitrogens with two attached hydrogens (primary N) is 1. The standard InChI is InChI=1S/C9H13N5O/c10-7-3-8(13-5-12-7)11-4-6-1-2-9(15)14-6/h3,5-6H,1-2,4H2,(H,14,15)(H3,10,11,12,13). The third kappa shape index (κ3) is 2.55. The van der Waals surface area contributed by atoms with E-state index in [0.29, 0.717) is 24.6 Å². The average Bonchev–Trinajstić information content (AvgIpc) is 2.62. The predicted octanol–water partition coefficient (Wildman–Crippen LogP) is -0.251. The lowest BCUT2D eigenvalue weighted by Gasteiger charge is -2.11. The molecule has 1 unspecified atom stereocenters. The molecular formula is C9H13N5O. The predicted molar refractivity (Wildman–Crippen MR) is 56.1 cm³/mol. The van der Waals surface area contributed by atoms with Crippen molar-refractivity contribution in [1.82, 2.24) is 15.3 Å². The lowest BCUT2D eigenvalue weighted by Crippen LogP contribution is -2.32. The van der Waals surface area contributed by atoms with Crippen LogP contribution in [0.3, 0.4) is 0 Å². The fourth-order valence-corrected chi connectivity index (χ4v) is 1.53. The van der Waals surface area contributed by atoms with Gasteiger partial charge in [-0.3, -0.25) is 4.79 Å². The molecule has 1 amide bonds. The summed E-state index contributed by atoms with van der Waals surface area (Å²) in [6.45, 7) is 0.669. The van der Waals surface area contributed by atoms with Gasteiger partial charge in [-0.05, 0) is 6.42 Å². The molecule has 0 aromatic carbocycles. The normalized spacial score (nSPS) is 20.0. The van der Waals surface area contributed by atoms with Crippen LogP contribution >= 0.6 is 0 Å². The summed E-state index contributed by atoms with van der Waals surface area (Å²) in [4.78, 5) is 18.7. The number of carbonyl (C=O) groups excluding carboxylic acids is 1. The van der Waals surface area contributed by atoms with Gasteiger partial charge in [0.1, 0.15) is 18.0 Å². The van der Waals surface area contributed by atoms with Crippen molar-refractivity contribution in [2.24, 2.45) is 0 Å². The van der Waals surface area contributed by atoms with Crippen LogP contribution < -0.4 is 16.4 Å². The molecule has 1 aromatic heterocycles. The van der Waals surface area contributed by atoms with Gasteiger partial charge in [-0.1, -0.05) is 0 Å². The third-order valence-electron chi connectivity index (χ3n) is 2.30. The molecule has 0 bridgehead atoms. The summed E-state index contributed by atoms with van der Waals surface area (Å²) in [6, 6.07) is 1.85. The number of rotatable bonds is 3. The third-order valence-corrected chi connectivity index (χ3v) is 2.30. The highest BCUT2D eigenvalue weighted by molar-refractivity contribution is 5.78. The Bertz CT molecular complexity index is 367. The smallest absolute Gasteiger partial charge is 0.220 e. The topological polar surface area (TPSA) is 92.9 Å².